The highest BCUT2D eigenvalue weighted by molar-refractivity contribution is 5.92. The first-order valence-corrected chi connectivity index (χ1v) is 10.0. The van der Waals surface area contributed by atoms with Crippen LogP contribution < -0.4 is 10.5 Å². The van der Waals surface area contributed by atoms with E-state index in [-0.39, 0.29) is 11.3 Å². The zero-order valence-electron chi connectivity index (χ0n) is 17.1. The fourth-order valence-corrected chi connectivity index (χ4v) is 4.07. The predicted molar refractivity (Wildman–Crippen MR) is 112 cm³/mol. The van der Waals surface area contributed by atoms with Crippen molar-refractivity contribution < 1.29 is 13.9 Å². The van der Waals surface area contributed by atoms with Gasteiger partial charge in [-0.2, -0.15) is 5.10 Å². The highest BCUT2D eigenvalue weighted by atomic mass is 19.1. The number of ether oxygens (including phenoxy) is 1. The highest BCUT2D eigenvalue weighted by Crippen LogP contribution is 2.34. The van der Waals surface area contributed by atoms with Crippen LogP contribution in [0.25, 0.3) is 0 Å². The lowest BCUT2D eigenvalue weighted by Gasteiger charge is -2.24. The molecule has 1 amide bonds. The molecule has 3 aromatic rings. The molecule has 6 nitrogen and oxygen atoms in total. The lowest BCUT2D eigenvalue weighted by Crippen LogP contribution is -2.23. The topological polar surface area (TPSA) is 73.4 Å². The van der Waals surface area contributed by atoms with Gasteiger partial charge in [-0.25, -0.2) is 4.39 Å². The second-order valence-corrected chi connectivity index (χ2v) is 7.73. The Bertz CT molecular complexity index is 1060. The van der Waals surface area contributed by atoms with E-state index in [1.165, 1.54) is 29.7 Å². The molecule has 1 saturated heterocycles. The highest BCUT2D eigenvalue weighted by Gasteiger charge is 2.28. The largest absolute Gasteiger partial charge is 0.454 e. The molecule has 2 heterocycles. The molecule has 1 fully saturated rings. The fraction of sp³-hybridized carbons (Fsp3) is 0.304. The zero-order chi connectivity index (χ0) is 21.3. The molecule has 7 heteroatoms. The molecular formula is C23H25FN4O2. The van der Waals surface area contributed by atoms with Gasteiger partial charge in [-0.1, -0.05) is 12.1 Å². The Morgan fingerprint density at radius 3 is 2.67 bits per heavy atom. The van der Waals surface area contributed by atoms with Crippen LogP contribution in [-0.2, 0) is 13.6 Å². The van der Waals surface area contributed by atoms with Crippen molar-refractivity contribution in [3.8, 4) is 11.5 Å². The van der Waals surface area contributed by atoms with Gasteiger partial charge in [-0.15, -0.1) is 0 Å². The molecule has 0 spiro atoms. The van der Waals surface area contributed by atoms with Crippen LogP contribution in [-0.4, -0.2) is 27.1 Å². The number of halogens is 1. The minimum Gasteiger partial charge on any atom is -0.454 e. The average molecular weight is 408 g/mol. The lowest BCUT2D eigenvalue weighted by molar-refractivity contribution is 0.1000. The van der Waals surface area contributed by atoms with Crippen LogP contribution in [0.5, 0.6) is 11.5 Å². The maximum atomic E-state index is 14.1. The fourth-order valence-electron chi connectivity index (χ4n) is 4.07. The molecule has 0 bridgehead atoms. The van der Waals surface area contributed by atoms with E-state index in [2.05, 4.69) is 23.1 Å². The van der Waals surface area contributed by atoms with Crippen molar-refractivity contribution in [2.45, 2.75) is 32.4 Å². The summed E-state index contributed by atoms with van der Waals surface area (Å²) in [6, 6.07) is 12.0. The van der Waals surface area contributed by atoms with Crippen LogP contribution in [0.15, 0.2) is 48.7 Å². The number of benzene rings is 2. The van der Waals surface area contributed by atoms with Crippen molar-refractivity contribution in [3.63, 3.8) is 0 Å². The van der Waals surface area contributed by atoms with Gasteiger partial charge in [0, 0.05) is 37.0 Å². The number of aryl methyl sites for hydroxylation is 2. The van der Waals surface area contributed by atoms with Gasteiger partial charge in [0.15, 0.2) is 11.6 Å². The summed E-state index contributed by atoms with van der Waals surface area (Å²) < 4.78 is 21.6. The Kier molecular flexibility index (Phi) is 5.55. The van der Waals surface area contributed by atoms with Gasteiger partial charge in [0.2, 0.25) is 5.91 Å². The minimum atomic E-state index is -0.675. The maximum Gasteiger partial charge on any atom is 0.248 e. The Balaban J connectivity index is 1.44. The number of nitrogens with zero attached hydrogens (tertiary/aromatic N) is 3. The molecule has 156 valence electrons. The summed E-state index contributed by atoms with van der Waals surface area (Å²) >= 11 is 0. The van der Waals surface area contributed by atoms with Crippen molar-refractivity contribution in [2.24, 2.45) is 12.8 Å². The SMILES string of the molecule is Cc1nn(C)cc1C1CCCN1Cc1ccc(Oc2ccc(C(N)=O)cc2F)cc1. The van der Waals surface area contributed by atoms with Gasteiger partial charge in [0.05, 0.1) is 5.69 Å². The summed E-state index contributed by atoms with van der Waals surface area (Å²) in [7, 11) is 1.96. The Labute approximate surface area is 175 Å². The quantitative estimate of drug-likeness (QED) is 0.667. The van der Waals surface area contributed by atoms with Crippen LogP contribution in [0.3, 0.4) is 0 Å². The van der Waals surface area contributed by atoms with E-state index >= 15 is 0 Å². The number of hydrogen-bond donors (Lipinski definition) is 1. The Morgan fingerprint density at radius 1 is 1.27 bits per heavy atom. The van der Waals surface area contributed by atoms with Gasteiger partial charge >= 0.3 is 0 Å². The maximum absolute atomic E-state index is 14.1. The Hall–Kier alpha value is -3.19. The molecule has 30 heavy (non-hydrogen) atoms. The third-order valence-electron chi connectivity index (χ3n) is 5.53. The number of carbonyl (C=O) groups is 1. The third kappa shape index (κ3) is 4.21. The van der Waals surface area contributed by atoms with E-state index in [1.54, 1.807) is 0 Å². The molecule has 0 aliphatic carbocycles. The van der Waals surface area contributed by atoms with Crippen molar-refractivity contribution >= 4 is 5.91 Å². The molecular weight excluding hydrogens is 383 g/mol. The van der Waals surface area contributed by atoms with Crippen LogP contribution in [0, 0.1) is 12.7 Å². The smallest absolute Gasteiger partial charge is 0.248 e. The molecule has 4 rings (SSSR count). The molecule has 1 unspecified atom stereocenters. The summed E-state index contributed by atoms with van der Waals surface area (Å²) in [5, 5.41) is 4.49. The number of nitrogens with two attached hydrogens (primary N) is 1. The number of aromatic nitrogens is 2. The summed E-state index contributed by atoms with van der Waals surface area (Å²) in [4.78, 5) is 13.6. The van der Waals surface area contributed by atoms with Crippen LogP contribution in [0.2, 0.25) is 0 Å². The molecule has 1 aliphatic rings. The second kappa shape index (κ2) is 8.28. The van der Waals surface area contributed by atoms with Crippen molar-refractivity contribution in [1.29, 1.82) is 0 Å². The molecule has 2 aromatic carbocycles. The monoisotopic (exact) mass is 408 g/mol. The van der Waals surface area contributed by atoms with Gasteiger partial charge in [0.25, 0.3) is 0 Å². The molecule has 0 radical (unpaired) electrons. The lowest BCUT2D eigenvalue weighted by atomic mass is 10.1. The molecule has 2 N–H and O–H groups in total. The number of primary amides is 1. The van der Waals surface area contributed by atoms with E-state index < -0.39 is 11.7 Å². The van der Waals surface area contributed by atoms with Crippen molar-refractivity contribution in [2.75, 3.05) is 6.54 Å². The summed E-state index contributed by atoms with van der Waals surface area (Å²) in [6.07, 6.45) is 4.42. The number of carbonyl (C=O) groups excluding carboxylic acids is 1. The number of amides is 1. The first kappa shape index (κ1) is 20.1. The number of likely N-dealkylation sites (tertiary alicyclic amines) is 1. The zero-order valence-corrected chi connectivity index (χ0v) is 17.1. The Morgan fingerprint density at radius 2 is 2.03 bits per heavy atom. The van der Waals surface area contributed by atoms with Gasteiger partial charge in [-0.3, -0.25) is 14.4 Å². The third-order valence-corrected chi connectivity index (χ3v) is 5.53. The van der Waals surface area contributed by atoms with Crippen LogP contribution in [0.1, 0.15) is 46.1 Å². The van der Waals surface area contributed by atoms with Gasteiger partial charge in [-0.05, 0) is 62.2 Å². The normalized spacial score (nSPS) is 16.7. The van der Waals surface area contributed by atoms with E-state index in [1.807, 2.05) is 36.0 Å². The molecule has 1 aromatic heterocycles. The van der Waals surface area contributed by atoms with Gasteiger partial charge < -0.3 is 10.5 Å². The number of rotatable bonds is 6. The second-order valence-electron chi connectivity index (χ2n) is 7.73. The molecule has 1 atom stereocenters. The van der Waals surface area contributed by atoms with E-state index in [0.29, 0.717) is 11.8 Å². The number of hydrogen-bond acceptors (Lipinski definition) is 4. The first-order chi connectivity index (χ1) is 14.4. The summed E-state index contributed by atoms with van der Waals surface area (Å²) in [5.41, 5.74) is 8.83. The van der Waals surface area contributed by atoms with E-state index in [9.17, 15) is 9.18 Å². The molecule has 1 aliphatic heterocycles. The minimum absolute atomic E-state index is 0.0550. The van der Waals surface area contributed by atoms with Gasteiger partial charge in [0.1, 0.15) is 5.75 Å². The first-order valence-electron chi connectivity index (χ1n) is 10.0. The van der Waals surface area contributed by atoms with Crippen LogP contribution >= 0.6 is 0 Å². The van der Waals surface area contributed by atoms with Crippen molar-refractivity contribution in [3.05, 3.63) is 76.9 Å². The van der Waals surface area contributed by atoms with Crippen molar-refractivity contribution in [1.82, 2.24) is 14.7 Å². The predicted octanol–water partition coefficient (Wildman–Crippen LogP) is 4.10. The molecule has 0 saturated carbocycles. The van der Waals surface area contributed by atoms with E-state index in [4.69, 9.17) is 10.5 Å². The summed E-state index contributed by atoms with van der Waals surface area (Å²) in [6.45, 7) is 3.95. The van der Waals surface area contributed by atoms with E-state index in [0.717, 1.165) is 31.3 Å². The van der Waals surface area contributed by atoms with Crippen LogP contribution in [0.4, 0.5) is 4.39 Å². The standard InChI is InChI=1S/C23H25FN4O2/c1-15-19(14-27(2)26-15)21-4-3-11-28(21)13-16-5-8-18(9-6-16)30-22-10-7-17(23(25)29)12-20(22)24/h5-10,12,14,21H,3-4,11,13H2,1-2H3,(H2,25,29). The average Bonchev–Trinajstić information content (AvgIpc) is 3.29. The summed E-state index contributed by atoms with van der Waals surface area (Å²) in [5.74, 6) is -0.710.